The molecule has 214 valence electrons. The van der Waals surface area contributed by atoms with Gasteiger partial charge >= 0.3 is 24.3 Å². The highest BCUT2D eigenvalue weighted by atomic mass is 19.4. The van der Waals surface area contributed by atoms with Crippen molar-refractivity contribution >= 4 is 11.9 Å². The average Bonchev–Trinajstić information content (AvgIpc) is 3.35. The van der Waals surface area contributed by atoms with Gasteiger partial charge in [-0.15, -0.1) is 0 Å². The van der Waals surface area contributed by atoms with Crippen molar-refractivity contribution in [2.75, 3.05) is 6.54 Å². The molecule has 1 aliphatic heterocycles. The molecule has 4 heterocycles. The third-order valence-electron chi connectivity index (χ3n) is 5.16. The molecule has 3 aromatic rings. The van der Waals surface area contributed by atoms with Gasteiger partial charge in [-0.2, -0.15) is 26.3 Å². The van der Waals surface area contributed by atoms with E-state index in [-0.39, 0.29) is 6.10 Å². The van der Waals surface area contributed by atoms with E-state index in [4.69, 9.17) is 29.1 Å². The fraction of sp³-hybridized carbons (Fsp3) is 0.391. The molecule has 0 aliphatic carbocycles. The first-order valence-corrected chi connectivity index (χ1v) is 11.0. The zero-order chi connectivity index (χ0) is 29.4. The Labute approximate surface area is 217 Å². The van der Waals surface area contributed by atoms with Crippen LogP contribution in [-0.4, -0.2) is 66.8 Å². The molecule has 16 heteroatoms. The van der Waals surface area contributed by atoms with Gasteiger partial charge in [-0.25, -0.2) is 9.59 Å². The van der Waals surface area contributed by atoms with Crippen molar-refractivity contribution in [3.63, 3.8) is 0 Å². The summed E-state index contributed by atoms with van der Waals surface area (Å²) in [5.74, 6) is -3.82. The molecule has 0 radical (unpaired) electrons. The number of aryl methyl sites for hydroxylation is 2. The Kier molecular flexibility index (Phi) is 10.5. The van der Waals surface area contributed by atoms with Crippen molar-refractivity contribution < 1.29 is 55.4 Å². The second kappa shape index (κ2) is 13.1. The van der Waals surface area contributed by atoms with E-state index in [0.717, 1.165) is 43.4 Å². The molecule has 0 bridgehead atoms. The third kappa shape index (κ3) is 9.96. The molecule has 2 N–H and O–H groups in total. The van der Waals surface area contributed by atoms with Gasteiger partial charge < -0.3 is 24.0 Å². The number of carbonyl (C=O) groups is 2. The van der Waals surface area contributed by atoms with Crippen LogP contribution in [0.15, 0.2) is 47.4 Å². The monoisotopic (exact) mass is 566 g/mol. The number of halogens is 6. The van der Waals surface area contributed by atoms with Crippen molar-refractivity contribution in [2.45, 2.75) is 51.9 Å². The average molecular weight is 566 g/mol. The standard InChI is InChI=1S/C19H22N4O2.2C2HF3O2/c1-14-19(15(2)25-21-14)13-22-10-16-5-4-8-23(16)12-18(11-22)24-17-6-3-7-20-9-17;2*3-2(4,5)1(6)7/h3-9,18H,10-13H2,1-2H3;2*(H,6,7). The summed E-state index contributed by atoms with van der Waals surface area (Å²) in [6, 6.07) is 8.12. The normalized spacial score (nSPS) is 15.5. The number of pyridine rings is 1. The minimum Gasteiger partial charge on any atom is -0.486 e. The maximum Gasteiger partial charge on any atom is 0.490 e. The molecule has 4 rings (SSSR count). The Morgan fingerprint density at radius 2 is 1.67 bits per heavy atom. The fourth-order valence-electron chi connectivity index (χ4n) is 3.39. The van der Waals surface area contributed by atoms with Crippen LogP contribution in [0.5, 0.6) is 5.75 Å². The summed E-state index contributed by atoms with van der Waals surface area (Å²) in [6.45, 7) is 7.31. The number of carboxylic acids is 2. The molecule has 39 heavy (non-hydrogen) atoms. The molecule has 0 aromatic carbocycles. The van der Waals surface area contributed by atoms with Crippen LogP contribution >= 0.6 is 0 Å². The van der Waals surface area contributed by atoms with Crippen LogP contribution in [0.25, 0.3) is 0 Å². The molecule has 0 saturated carbocycles. The van der Waals surface area contributed by atoms with Gasteiger partial charge in [0.2, 0.25) is 0 Å². The maximum atomic E-state index is 10.6. The summed E-state index contributed by atoms with van der Waals surface area (Å²) < 4.78 is 77.3. The summed E-state index contributed by atoms with van der Waals surface area (Å²) in [4.78, 5) is 24.3. The Morgan fingerprint density at radius 1 is 1.05 bits per heavy atom. The predicted molar refractivity (Wildman–Crippen MR) is 121 cm³/mol. The lowest BCUT2D eigenvalue weighted by molar-refractivity contribution is -0.193. The summed E-state index contributed by atoms with van der Waals surface area (Å²) in [5.41, 5.74) is 3.42. The molecule has 1 atom stereocenters. The van der Waals surface area contributed by atoms with E-state index < -0.39 is 24.3 Å². The molecular weight excluding hydrogens is 542 g/mol. The van der Waals surface area contributed by atoms with Gasteiger partial charge in [0.1, 0.15) is 17.6 Å². The summed E-state index contributed by atoms with van der Waals surface area (Å²) in [7, 11) is 0. The van der Waals surface area contributed by atoms with Crippen molar-refractivity contribution in [1.29, 1.82) is 0 Å². The molecule has 0 saturated heterocycles. The van der Waals surface area contributed by atoms with E-state index in [0.29, 0.717) is 0 Å². The minimum absolute atomic E-state index is 0.0540. The van der Waals surface area contributed by atoms with Gasteiger partial charge in [-0.3, -0.25) is 9.88 Å². The number of rotatable bonds is 4. The van der Waals surface area contributed by atoms with Gasteiger partial charge in [0, 0.05) is 43.3 Å². The quantitative estimate of drug-likeness (QED) is 0.446. The lowest BCUT2D eigenvalue weighted by Gasteiger charge is -2.24. The van der Waals surface area contributed by atoms with Crippen LogP contribution in [0.1, 0.15) is 22.7 Å². The Morgan fingerprint density at radius 3 is 2.15 bits per heavy atom. The van der Waals surface area contributed by atoms with Crippen LogP contribution in [0.3, 0.4) is 0 Å². The van der Waals surface area contributed by atoms with E-state index in [1.165, 1.54) is 11.3 Å². The molecule has 1 aliphatic rings. The molecule has 0 amide bonds. The maximum absolute atomic E-state index is 10.6. The Hall–Kier alpha value is -4.08. The molecule has 0 fully saturated rings. The second-order valence-electron chi connectivity index (χ2n) is 8.16. The highest BCUT2D eigenvalue weighted by Gasteiger charge is 2.38. The Balaban J connectivity index is 0.000000317. The zero-order valence-electron chi connectivity index (χ0n) is 20.5. The molecule has 3 aromatic heterocycles. The number of fused-ring (bicyclic) bond motifs is 1. The number of aromatic nitrogens is 3. The zero-order valence-corrected chi connectivity index (χ0v) is 20.5. The largest absolute Gasteiger partial charge is 0.490 e. The van der Waals surface area contributed by atoms with Crippen molar-refractivity contribution in [1.82, 2.24) is 19.6 Å². The highest BCUT2D eigenvalue weighted by Crippen LogP contribution is 2.22. The van der Waals surface area contributed by atoms with Crippen molar-refractivity contribution in [2.24, 2.45) is 0 Å². The molecular formula is C23H24F6N4O6. The topological polar surface area (TPSA) is 131 Å². The molecule has 1 unspecified atom stereocenters. The SMILES string of the molecule is Cc1noc(C)c1CN1Cc2cccn2CC(Oc2cccnc2)C1.O=C(O)C(F)(F)F.O=C(O)C(F)(F)F. The van der Waals surface area contributed by atoms with Gasteiger partial charge in [-0.1, -0.05) is 5.16 Å². The summed E-state index contributed by atoms with van der Waals surface area (Å²) >= 11 is 0. The highest BCUT2D eigenvalue weighted by molar-refractivity contribution is 5.73. The second-order valence-corrected chi connectivity index (χ2v) is 8.16. The number of nitrogens with zero attached hydrogens (tertiary/aromatic N) is 4. The van der Waals surface area contributed by atoms with Gasteiger partial charge in [0.05, 0.1) is 18.4 Å². The molecule has 0 spiro atoms. The first-order valence-electron chi connectivity index (χ1n) is 11.0. The Bertz CT molecular complexity index is 1180. The fourth-order valence-corrected chi connectivity index (χ4v) is 3.39. The van der Waals surface area contributed by atoms with Crippen LogP contribution in [0.4, 0.5) is 26.3 Å². The van der Waals surface area contributed by atoms with Gasteiger partial charge in [0.15, 0.2) is 0 Å². The number of alkyl halides is 6. The summed E-state index contributed by atoms with van der Waals surface area (Å²) in [6.07, 6.45) is -4.47. The molecule has 10 nitrogen and oxygen atoms in total. The van der Waals surface area contributed by atoms with Gasteiger partial charge in [-0.05, 0) is 38.1 Å². The van der Waals surface area contributed by atoms with Gasteiger partial charge in [0.25, 0.3) is 0 Å². The van der Waals surface area contributed by atoms with Crippen molar-refractivity contribution in [3.05, 3.63) is 65.6 Å². The van der Waals surface area contributed by atoms with E-state index >= 15 is 0 Å². The number of carboxylic acid groups (broad SMARTS) is 2. The van der Waals surface area contributed by atoms with E-state index in [2.05, 4.69) is 37.9 Å². The number of hydrogen-bond acceptors (Lipinski definition) is 7. The van der Waals surface area contributed by atoms with E-state index in [9.17, 15) is 26.3 Å². The lowest BCUT2D eigenvalue weighted by atomic mass is 10.2. The van der Waals surface area contributed by atoms with Crippen LogP contribution in [-0.2, 0) is 29.2 Å². The predicted octanol–water partition coefficient (Wildman–Crippen LogP) is 4.22. The first-order chi connectivity index (χ1) is 18.1. The van der Waals surface area contributed by atoms with Crippen molar-refractivity contribution in [3.8, 4) is 5.75 Å². The summed E-state index contributed by atoms with van der Waals surface area (Å²) in [5, 5.41) is 18.3. The number of hydrogen-bond donors (Lipinski definition) is 2. The van der Waals surface area contributed by atoms with E-state index in [1.807, 2.05) is 26.0 Å². The van der Waals surface area contributed by atoms with E-state index in [1.54, 1.807) is 12.4 Å². The minimum atomic E-state index is -5.08. The first kappa shape index (κ1) is 31.1. The lowest BCUT2D eigenvalue weighted by Crippen LogP contribution is -2.34. The van der Waals surface area contributed by atoms with Crippen LogP contribution in [0.2, 0.25) is 0 Å². The third-order valence-corrected chi connectivity index (χ3v) is 5.16. The van der Waals surface area contributed by atoms with Crippen LogP contribution < -0.4 is 4.74 Å². The van der Waals surface area contributed by atoms with Crippen LogP contribution in [0, 0.1) is 13.8 Å². The smallest absolute Gasteiger partial charge is 0.486 e. The number of aliphatic carboxylic acids is 2. The number of ether oxygens (including phenoxy) is 1.